The molecule has 22 heavy (non-hydrogen) atoms. The fourth-order valence-corrected chi connectivity index (χ4v) is 3.28. The highest BCUT2D eigenvalue weighted by molar-refractivity contribution is 7.89. The van der Waals surface area contributed by atoms with Gasteiger partial charge in [-0.2, -0.15) is 0 Å². The first kappa shape index (κ1) is 16.9. The minimum absolute atomic E-state index is 0.0606. The van der Waals surface area contributed by atoms with Crippen molar-refractivity contribution in [2.45, 2.75) is 43.0 Å². The van der Waals surface area contributed by atoms with Crippen LogP contribution in [-0.2, 0) is 21.2 Å². The van der Waals surface area contributed by atoms with E-state index in [0.29, 0.717) is 25.8 Å². The van der Waals surface area contributed by atoms with Crippen molar-refractivity contribution in [3.8, 4) is 0 Å². The number of rotatable bonds is 9. The summed E-state index contributed by atoms with van der Waals surface area (Å²) in [5, 5.41) is 11.3. The van der Waals surface area contributed by atoms with E-state index in [1.807, 2.05) is 0 Å². The molecule has 1 fully saturated rings. The van der Waals surface area contributed by atoms with Gasteiger partial charge in [0.15, 0.2) is 0 Å². The molecular formula is C15H22N2O4S. The third-order valence-corrected chi connectivity index (χ3v) is 4.97. The summed E-state index contributed by atoms with van der Waals surface area (Å²) in [4.78, 5) is 11.8. The molecule has 0 spiro atoms. The normalized spacial score (nSPS) is 14.8. The second-order valence-corrected chi connectivity index (χ2v) is 7.18. The minimum Gasteiger partial charge on any atom is -0.396 e. The molecule has 0 bridgehead atoms. The molecule has 1 aromatic carbocycles. The quantitative estimate of drug-likeness (QED) is 0.578. The zero-order valence-electron chi connectivity index (χ0n) is 12.4. The highest BCUT2D eigenvalue weighted by Crippen LogP contribution is 2.22. The van der Waals surface area contributed by atoms with Gasteiger partial charge in [-0.25, -0.2) is 13.1 Å². The van der Waals surface area contributed by atoms with Crippen LogP contribution >= 0.6 is 0 Å². The number of carbonyl (C=O) groups is 1. The van der Waals surface area contributed by atoms with Gasteiger partial charge in [0.05, 0.1) is 4.90 Å². The fraction of sp³-hybridized carbons (Fsp3) is 0.533. The Labute approximate surface area is 131 Å². The first-order chi connectivity index (χ1) is 10.5. The molecule has 1 saturated carbocycles. The number of aliphatic hydroxyl groups is 1. The van der Waals surface area contributed by atoms with Crippen LogP contribution in [0.3, 0.4) is 0 Å². The summed E-state index contributed by atoms with van der Waals surface area (Å²) in [6.07, 6.45) is 3.26. The molecule has 0 unspecified atom stereocenters. The summed E-state index contributed by atoms with van der Waals surface area (Å²) in [5.41, 5.74) is 0.919. The number of hydrogen-bond donors (Lipinski definition) is 3. The Hall–Kier alpha value is -1.44. The summed E-state index contributed by atoms with van der Waals surface area (Å²) < 4.78 is 26.7. The summed E-state index contributed by atoms with van der Waals surface area (Å²) in [6, 6.07) is 6.71. The Morgan fingerprint density at radius 3 is 2.50 bits per heavy atom. The van der Waals surface area contributed by atoms with Crippen LogP contribution in [0.1, 0.15) is 31.2 Å². The number of aryl methyl sites for hydroxylation is 1. The summed E-state index contributed by atoms with van der Waals surface area (Å²) in [6.45, 7) is 0.532. The van der Waals surface area contributed by atoms with E-state index < -0.39 is 10.0 Å². The van der Waals surface area contributed by atoms with Crippen molar-refractivity contribution in [2.24, 2.45) is 0 Å². The smallest absolute Gasteiger partial charge is 0.240 e. The number of amides is 1. The fourth-order valence-electron chi connectivity index (χ4n) is 1.98. The van der Waals surface area contributed by atoms with E-state index in [9.17, 15) is 13.2 Å². The van der Waals surface area contributed by atoms with Crippen molar-refractivity contribution >= 4 is 15.9 Å². The molecule has 7 heteroatoms. The van der Waals surface area contributed by atoms with Crippen molar-refractivity contribution in [1.29, 1.82) is 0 Å². The highest BCUT2D eigenvalue weighted by Gasteiger charge is 2.27. The number of hydrogen-bond acceptors (Lipinski definition) is 4. The Bertz CT molecular complexity index is 594. The van der Waals surface area contributed by atoms with Crippen molar-refractivity contribution in [3.63, 3.8) is 0 Å². The van der Waals surface area contributed by atoms with Gasteiger partial charge in [-0.1, -0.05) is 12.1 Å². The second kappa shape index (κ2) is 7.71. The molecule has 1 aliphatic carbocycles. The summed E-state index contributed by atoms with van der Waals surface area (Å²) in [5.74, 6) is -0.0689. The lowest BCUT2D eigenvalue weighted by Crippen LogP contribution is -2.26. The van der Waals surface area contributed by atoms with Crippen LogP contribution < -0.4 is 10.0 Å². The maximum atomic E-state index is 12.0. The van der Waals surface area contributed by atoms with Crippen LogP contribution in [0.5, 0.6) is 0 Å². The van der Waals surface area contributed by atoms with Crippen LogP contribution in [0.25, 0.3) is 0 Å². The minimum atomic E-state index is -3.41. The Balaban J connectivity index is 1.82. The molecular weight excluding hydrogens is 304 g/mol. The van der Waals surface area contributed by atoms with Crippen LogP contribution in [-0.4, -0.2) is 38.6 Å². The first-order valence-corrected chi connectivity index (χ1v) is 8.98. The number of nitrogens with one attached hydrogen (secondary N) is 2. The zero-order valence-corrected chi connectivity index (χ0v) is 13.2. The number of carbonyl (C=O) groups excluding carboxylic acids is 1. The van der Waals surface area contributed by atoms with Gasteiger partial charge in [-0.15, -0.1) is 0 Å². The molecule has 3 N–H and O–H groups in total. The first-order valence-electron chi connectivity index (χ1n) is 7.50. The number of benzene rings is 1. The van der Waals surface area contributed by atoms with Crippen LogP contribution in [0, 0.1) is 0 Å². The molecule has 0 radical (unpaired) electrons. The SMILES string of the molecule is O=C(CCc1ccc(S(=O)(=O)NC2CC2)cc1)NCCCO. The van der Waals surface area contributed by atoms with Crippen LogP contribution in [0.15, 0.2) is 29.2 Å². The van der Waals surface area contributed by atoms with Crippen LogP contribution in [0.2, 0.25) is 0 Å². The molecule has 1 amide bonds. The van der Waals surface area contributed by atoms with E-state index in [0.717, 1.165) is 18.4 Å². The standard InChI is InChI=1S/C15H22N2O4S/c18-11-1-10-16-15(19)9-4-12-2-7-14(8-3-12)22(20,21)17-13-5-6-13/h2-3,7-8,13,17-18H,1,4-6,9-11H2,(H,16,19). The number of aliphatic hydroxyl groups excluding tert-OH is 1. The Kier molecular flexibility index (Phi) is 5.93. The van der Waals surface area contributed by atoms with Gasteiger partial charge in [0, 0.05) is 25.6 Å². The van der Waals surface area contributed by atoms with Crippen molar-refractivity contribution in [2.75, 3.05) is 13.2 Å². The second-order valence-electron chi connectivity index (χ2n) is 5.47. The van der Waals surface area contributed by atoms with Crippen LogP contribution in [0.4, 0.5) is 0 Å². The average Bonchev–Trinajstić information content (AvgIpc) is 3.29. The van der Waals surface area contributed by atoms with Gasteiger partial charge in [0.1, 0.15) is 0 Å². The van der Waals surface area contributed by atoms with E-state index in [1.165, 1.54) is 0 Å². The highest BCUT2D eigenvalue weighted by atomic mass is 32.2. The van der Waals surface area contributed by atoms with Gasteiger partial charge < -0.3 is 10.4 Å². The van der Waals surface area contributed by atoms with E-state index >= 15 is 0 Å². The van der Waals surface area contributed by atoms with E-state index in [4.69, 9.17) is 5.11 Å². The maximum absolute atomic E-state index is 12.0. The van der Waals surface area contributed by atoms with E-state index in [1.54, 1.807) is 24.3 Å². The summed E-state index contributed by atoms with van der Waals surface area (Å²) in [7, 11) is -3.41. The third kappa shape index (κ3) is 5.40. The molecule has 0 aromatic heterocycles. The molecule has 0 atom stereocenters. The van der Waals surface area contributed by atoms with Crippen molar-refractivity contribution in [1.82, 2.24) is 10.0 Å². The number of sulfonamides is 1. The van der Waals surface area contributed by atoms with Gasteiger partial charge in [0.25, 0.3) is 0 Å². The largest absolute Gasteiger partial charge is 0.396 e. The average molecular weight is 326 g/mol. The maximum Gasteiger partial charge on any atom is 0.240 e. The third-order valence-electron chi connectivity index (χ3n) is 3.43. The van der Waals surface area contributed by atoms with Gasteiger partial charge in [0.2, 0.25) is 15.9 Å². The topological polar surface area (TPSA) is 95.5 Å². The Morgan fingerprint density at radius 2 is 1.91 bits per heavy atom. The molecule has 122 valence electrons. The lowest BCUT2D eigenvalue weighted by Gasteiger charge is -2.07. The predicted molar refractivity (Wildman–Crippen MR) is 82.8 cm³/mol. The monoisotopic (exact) mass is 326 g/mol. The molecule has 0 aliphatic heterocycles. The lowest BCUT2D eigenvalue weighted by molar-refractivity contribution is -0.121. The van der Waals surface area contributed by atoms with Crippen molar-refractivity contribution < 1.29 is 18.3 Å². The van der Waals surface area contributed by atoms with Gasteiger partial charge in [-0.3, -0.25) is 4.79 Å². The van der Waals surface area contributed by atoms with E-state index in [-0.39, 0.29) is 23.5 Å². The molecule has 6 nitrogen and oxygen atoms in total. The van der Waals surface area contributed by atoms with E-state index in [2.05, 4.69) is 10.0 Å². The lowest BCUT2D eigenvalue weighted by atomic mass is 10.1. The molecule has 1 aromatic rings. The molecule has 1 aliphatic rings. The summed E-state index contributed by atoms with van der Waals surface area (Å²) >= 11 is 0. The van der Waals surface area contributed by atoms with Gasteiger partial charge >= 0.3 is 0 Å². The molecule has 0 heterocycles. The molecule has 0 saturated heterocycles. The van der Waals surface area contributed by atoms with Gasteiger partial charge in [-0.05, 0) is 43.4 Å². The Morgan fingerprint density at radius 1 is 1.23 bits per heavy atom. The molecule has 2 rings (SSSR count). The predicted octanol–water partition coefficient (Wildman–Crippen LogP) is 0.558. The zero-order chi connectivity index (χ0) is 16.0. The van der Waals surface area contributed by atoms with Crippen molar-refractivity contribution in [3.05, 3.63) is 29.8 Å².